The van der Waals surface area contributed by atoms with E-state index in [1.54, 1.807) is 6.07 Å². The van der Waals surface area contributed by atoms with Gasteiger partial charge in [-0.25, -0.2) is 4.21 Å². The van der Waals surface area contributed by atoms with Crippen LogP contribution in [-0.2, 0) is 11.1 Å². The predicted molar refractivity (Wildman–Crippen MR) is 50.9 cm³/mol. The van der Waals surface area contributed by atoms with Crippen molar-refractivity contribution in [3.8, 4) is 11.4 Å². The lowest BCUT2D eigenvalue weighted by atomic mass is 10.3. The van der Waals surface area contributed by atoms with Crippen LogP contribution in [0.5, 0.6) is 0 Å². The molecule has 2 aromatic rings. The molecule has 4 nitrogen and oxygen atoms in total. The van der Waals surface area contributed by atoms with Gasteiger partial charge in [0.05, 0.1) is 10.6 Å². The average molecular weight is 214 g/mol. The lowest BCUT2D eigenvalue weighted by Gasteiger charge is -1.86. The summed E-state index contributed by atoms with van der Waals surface area (Å²) in [6.45, 7) is 0. The number of nitrogens with zero attached hydrogens (tertiary/aromatic N) is 1. The van der Waals surface area contributed by atoms with Crippen molar-refractivity contribution in [3.63, 3.8) is 0 Å². The third-order valence-corrected chi connectivity index (χ3v) is 2.77. The molecule has 0 aliphatic rings. The molecule has 0 fully saturated rings. The first-order valence-corrected chi connectivity index (χ1v) is 5.42. The molecular formula is C7H6N2O2S2. The Balaban J connectivity index is 2.39. The van der Waals surface area contributed by atoms with Crippen molar-refractivity contribution in [2.24, 2.45) is 0 Å². The molecule has 0 saturated heterocycles. The van der Waals surface area contributed by atoms with Gasteiger partial charge in [0.15, 0.2) is 11.1 Å². The number of hydrogen-bond donors (Lipinski definition) is 2. The molecule has 0 aliphatic carbocycles. The van der Waals surface area contributed by atoms with Crippen molar-refractivity contribution in [2.45, 2.75) is 4.90 Å². The molecular weight excluding hydrogens is 208 g/mol. The summed E-state index contributed by atoms with van der Waals surface area (Å²) in [7, 11) is 0. The normalized spacial score (nSPS) is 13.0. The van der Waals surface area contributed by atoms with Crippen LogP contribution in [0.4, 0.5) is 0 Å². The van der Waals surface area contributed by atoms with E-state index in [1.807, 2.05) is 11.4 Å². The van der Waals surface area contributed by atoms with Gasteiger partial charge in [0.25, 0.3) is 0 Å². The average Bonchev–Trinajstić information content (AvgIpc) is 2.75. The summed E-state index contributed by atoms with van der Waals surface area (Å²) >= 11 is -0.582. The number of aromatic nitrogens is 2. The molecule has 0 spiro atoms. The zero-order valence-electron chi connectivity index (χ0n) is 6.43. The highest BCUT2D eigenvalue weighted by molar-refractivity contribution is 7.79. The number of hydrogen-bond acceptors (Lipinski definition) is 3. The molecule has 2 rings (SSSR count). The second-order valence-corrected chi connectivity index (χ2v) is 4.02. The maximum atomic E-state index is 10.7. The molecule has 1 atom stereocenters. The molecule has 0 radical (unpaired) electrons. The highest BCUT2D eigenvalue weighted by Gasteiger charge is 2.06. The van der Waals surface area contributed by atoms with E-state index < -0.39 is 11.1 Å². The van der Waals surface area contributed by atoms with Crippen LogP contribution >= 0.6 is 11.5 Å². The Morgan fingerprint density at radius 3 is 3.00 bits per heavy atom. The van der Waals surface area contributed by atoms with Crippen molar-refractivity contribution >= 4 is 22.6 Å². The van der Waals surface area contributed by atoms with Gasteiger partial charge in [-0.05, 0) is 23.7 Å². The lowest BCUT2D eigenvalue weighted by molar-refractivity contribution is 0.564. The summed E-state index contributed by atoms with van der Waals surface area (Å²) < 4.78 is 23.5. The Morgan fingerprint density at radius 2 is 2.46 bits per heavy atom. The van der Waals surface area contributed by atoms with Crippen LogP contribution in [0, 0.1) is 0 Å². The number of nitrogens with one attached hydrogen (secondary N) is 1. The highest BCUT2D eigenvalue weighted by Crippen LogP contribution is 2.19. The Labute approximate surface area is 81.1 Å². The Bertz CT molecular complexity index is 421. The van der Waals surface area contributed by atoms with Gasteiger partial charge in [0, 0.05) is 11.6 Å². The van der Waals surface area contributed by atoms with E-state index in [2.05, 4.69) is 9.36 Å². The van der Waals surface area contributed by atoms with Crippen LogP contribution in [0.15, 0.2) is 28.6 Å². The van der Waals surface area contributed by atoms with E-state index in [0.717, 1.165) is 11.4 Å². The first-order chi connectivity index (χ1) is 6.27. The predicted octanol–water partition coefficient (Wildman–Crippen LogP) is 1.72. The quantitative estimate of drug-likeness (QED) is 0.748. The molecule has 0 aromatic carbocycles. The van der Waals surface area contributed by atoms with Gasteiger partial charge in [-0.15, -0.1) is 0 Å². The van der Waals surface area contributed by atoms with E-state index in [1.165, 1.54) is 17.7 Å². The van der Waals surface area contributed by atoms with Crippen molar-refractivity contribution in [1.82, 2.24) is 9.36 Å². The van der Waals surface area contributed by atoms with E-state index in [0.29, 0.717) is 4.90 Å². The Kier molecular flexibility index (Phi) is 2.26. The minimum absolute atomic E-state index is 0.364. The standard InChI is InChI=1S/C7H6N2O2S2/c10-13(11)5-3-7(8-4-5)6-1-2-12-9-6/h1-4,8H,(H,10,11). The zero-order chi connectivity index (χ0) is 9.26. The van der Waals surface area contributed by atoms with Crippen molar-refractivity contribution in [2.75, 3.05) is 0 Å². The number of H-pyrrole nitrogens is 1. The second kappa shape index (κ2) is 3.41. The second-order valence-electron chi connectivity index (χ2n) is 2.38. The van der Waals surface area contributed by atoms with Crippen LogP contribution in [0.2, 0.25) is 0 Å². The van der Waals surface area contributed by atoms with Gasteiger partial charge in [-0.3, -0.25) is 0 Å². The fourth-order valence-corrected chi connectivity index (χ4v) is 1.88. The molecule has 1 unspecified atom stereocenters. The van der Waals surface area contributed by atoms with E-state index >= 15 is 0 Å². The first kappa shape index (κ1) is 8.61. The molecule has 13 heavy (non-hydrogen) atoms. The fraction of sp³-hybridized carbons (Fsp3) is 0. The maximum absolute atomic E-state index is 10.7. The molecule has 2 N–H and O–H groups in total. The van der Waals surface area contributed by atoms with Gasteiger partial charge in [-0.2, -0.15) is 4.37 Å². The highest BCUT2D eigenvalue weighted by atomic mass is 32.2. The van der Waals surface area contributed by atoms with Crippen LogP contribution in [-0.4, -0.2) is 18.1 Å². The molecule has 0 aliphatic heterocycles. The third kappa shape index (κ3) is 1.69. The van der Waals surface area contributed by atoms with Crippen LogP contribution < -0.4 is 0 Å². The summed E-state index contributed by atoms with van der Waals surface area (Å²) in [5.41, 5.74) is 1.56. The van der Waals surface area contributed by atoms with Gasteiger partial charge >= 0.3 is 0 Å². The molecule has 2 aromatic heterocycles. The minimum Gasteiger partial charge on any atom is -0.359 e. The maximum Gasteiger partial charge on any atom is 0.188 e. The summed E-state index contributed by atoms with van der Waals surface area (Å²) in [5.74, 6) is 0. The first-order valence-electron chi connectivity index (χ1n) is 3.47. The van der Waals surface area contributed by atoms with E-state index in [9.17, 15) is 4.21 Å². The van der Waals surface area contributed by atoms with Crippen molar-refractivity contribution in [1.29, 1.82) is 0 Å². The van der Waals surface area contributed by atoms with Gasteiger partial charge in [0.1, 0.15) is 5.69 Å². The molecule has 0 saturated carbocycles. The summed E-state index contributed by atoms with van der Waals surface area (Å²) in [5, 5.41) is 1.85. The van der Waals surface area contributed by atoms with Crippen LogP contribution in [0.1, 0.15) is 0 Å². The van der Waals surface area contributed by atoms with E-state index in [4.69, 9.17) is 4.55 Å². The summed E-state index contributed by atoms with van der Waals surface area (Å²) in [6.07, 6.45) is 1.50. The van der Waals surface area contributed by atoms with Crippen LogP contribution in [0.25, 0.3) is 11.4 Å². The lowest BCUT2D eigenvalue weighted by Crippen LogP contribution is -1.82. The van der Waals surface area contributed by atoms with Gasteiger partial charge in [-0.1, -0.05) is 0 Å². The Morgan fingerprint density at radius 1 is 1.62 bits per heavy atom. The topological polar surface area (TPSA) is 66.0 Å². The third-order valence-electron chi connectivity index (χ3n) is 1.57. The minimum atomic E-state index is -1.93. The monoisotopic (exact) mass is 214 g/mol. The van der Waals surface area contributed by atoms with Crippen molar-refractivity contribution < 1.29 is 8.76 Å². The molecule has 0 bridgehead atoms. The smallest absolute Gasteiger partial charge is 0.188 e. The van der Waals surface area contributed by atoms with E-state index in [-0.39, 0.29) is 0 Å². The molecule has 0 amide bonds. The molecule has 2 heterocycles. The fourth-order valence-electron chi connectivity index (χ4n) is 0.975. The number of rotatable bonds is 2. The largest absolute Gasteiger partial charge is 0.359 e. The summed E-state index contributed by atoms with van der Waals surface area (Å²) in [4.78, 5) is 3.24. The van der Waals surface area contributed by atoms with Crippen LogP contribution in [0.3, 0.4) is 0 Å². The molecule has 6 heteroatoms. The number of aromatic amines is 1. The summed E-state index contributed by atoms with van der Waals surface area (Å²) in [6, 6.07) is 3.46. The Hall–Kier alpha value is -0.980. The molecule has 68 valence electrons. The van der Waals surface area contributed by atoms with Gasteiger partial charge < -0.3 is 9.54 Å². The zero-order valence-corrected chi connectivity index (χ0v) is 8.06. The van der Waals surface area contributed by atoms with Gasteiger partial charge in [0.2, 0.25) is 0 Å². The van der Waals surface area contributed by atoms with Crippen molar-refractivity contribution in [3.05, 3.63) is 23.7 Å². The SMILES string of the molecule is O=S(O)c1c[nH]c(-c2ccsn2)c1.